The van der Waals surface area contributed by atoms with E-state index in [4.69, 9.17) is 10.5 Å². The molecular weight excluding hydrogens is 232 g/mol. The lowest BCUT2D eigenvalue weighted by Crippen LogP contribution is -2.45. The second-order valence-electron chi connectivity index (χ2n) is 4.44. The molecule has 0 saturated carbocycles. The van der Waals surface area contributed by atoms with E-state index in [1.54, 1.807) is 12.5 Å². The minimum Gasteiger partial charge on any atom is -0.375 e. The number of morpholine rings is 1. The molecule has 2 rings (SSSR count). The SMILES string of the molecule is CCC1CN(C(=O)c2cn(CCN)cn2)CCO1. The smallest absolute Gasteiger partial charge is 0.274 e. The van der Waals surface area contributed by atoms with Crippen LogP contribution in [0.3, 0.4) is 0 Å². The van der Waals surface area contributed by atoms with Gasteiger partial charge in [0.05, 0.1) is 19.0 Å². The molecule has 1 aliphatic rings. The Kier molecular flexibility index (Phi) is 4.33. The zero-order valence-electron chi connectivity index (χ0n) is 10.7. The molecule has 1 aliphatic heterocycles. The third kappa shape index (κ3) is 2.88. The van der Waals surface area contributed by atoms with Crippen molar-refractivity contribution >= 4 is 5.91 Å². The van der Waals surface area contributed by atoms with Crippen LogP contribution in [0.5, 0.6) is 0 Å². The maximum Gasteiger partial charge on any atom is 0.274 e. The predicted molar refractivity (Wildman–Crippen MR) is 67.2 cm³/mol. The highest BCUT2D eigenvalue weighted by molar-refractivity contribution is 5.92. The first-order valence-corrected chi connectivity index (χ1v) is 6.37. The van der Waals surface area contributed by atoms with E-state index < -0.39 is 0 Å². The first-order chi connectivity index (χ1) is 8.74. The lowest BCUT2D eigenvalue weighted by atomic mass is 10.2. The van der Waals surface area contributed by atoms with Crippen LogP contribution in [0, 0.1) is 0 Å². The highest BCUT2D eigenvalue weighted by atomic mass is 16.5. The van der Waals surface area contributed by atoms with E-state index in [2.05, 4.69) is 11.9 Å². The van der Waals surface area contributed by atoms with Crippen molar-refractivity contribution in [3.63, 3.8) is 0 Å². The molecule has 1 saturated heterocycles. The quantitative estimate of drug-likeness (QED) is 0.824. The fourth-order valence-corrected chi connectivity index (χ4v) is 2.05. The summed E-state index contributed by atoms with van der Waals surface area (Å²) in [6.45, 7) is 5.18. The molecule has 1 amide bonds. The maximum absolute atomic E-state index is 12.2. The minimum absolute atomic E-state index is 0.0208. The van der Waals surface area contributed by atoms with Crippen molar-refractivity contribution < 1.29 is 9.53 Å². The number of hydrogen-bond acceptors (Lipinski definition) is 4. The van der Waals surface area contributed by atoms with E-state index in [1.807, 2.05) is 9.47 Å². The van der Waals surface area contributed by atoms with E-state index in [-0.39, 0.29) is 12.0 Å². The predicted octanol–water partition coefficient (Wildman–Crippen LogP) is 0.0928. The molecule has 2 heterocycles. The third-order valence-electron chi connectivity index (χ3n) is 3.12. The molecule has 100 valence electrons. The third-order valence-corrected chi connectivity index (χ3v) is 3.12. The van der Waals surface area contributed by atoms with Gasteiger partial charge in [-0.15, -0.1) is 0 Å². The molecule has 0 radical (unpaired) electrons. The average molecular weight is 252 g/mol. The van der Waals surface area contributed by atoms with E-state index in [0.29, 0.717) is 38.5 Å². The Bertz CT molecular complexity index is 405. The Morgan fingerprint density at radius 1 is 1.67 bits per heavy atom. The lowest BCUT2D eigenvalue weighted by Gasteiger charge is -2.32. The summed E-state index contributed by atoms with van der Waals surface area (Å²) in [7, 11) is 0. The zero-order valence-corrected chi connectivity index (χ0v) is 10.7. The summed E-state index contributed by atoms with van der Waals surface area (Å²) in [5.74, 6) is -0.0208. The molecule has 1 aromatic rings. The standard InChI is InChI=1S/C12H20N4O2/c1-2-10-7-16(5-6-18-10)12(17)11-8-15(4-3-13)9-14-11/h8-10H,2-7,13H2,1H3. The van der Waals surface area contributed by atoms with Gasteiger partial charge in [0, 0.05) is 32.4 Å². The van der Waals surface area contributed by atoms with Gasteiger partial charge in [-0.05, 0) is 6.42 Å². The molecule has 1 aromatic heterocycles. The van der Waals surface area contributed by atoms with Gasteiger partial charge in [-0.1, -0.05) is 6.92 Å². The van der Waals surface area contributed by atoms with E-state index in [9.17, 15) is 4.79 Å². The number of carbonyl (C=O) groups is 1. The number of nitrogens with zero attached hydrogens (tertiary/aromatic N) is 3. The van der Waals surface area contributed by atoms with Gasteiger partial charge in [0.2, 0.25) is 0 Å². The average Bonchev–Trinajstić information content (AvgIpc) is 2.87. The Morgan fingerprint density at radius 2 is 2.50 bits per heavy atom. The molecule has 0 aliphatic carbocycles. The Balaban J connectivity index is 2.00. The second-order valence-corrected chi connectivity index (χ2v) is 4.44. The Hall–Kier alpha value is -1.40. The number of nitrogens with two attached hydrogens (primary N) is 1. The molecule has 2 N–H and O–H groups in total. The van der Waals surface area contributed by atoms with Crippen molar-refractivity contribution in [1.82, 2.24) is 14.5 Å². The van der Waals surface area contributed by atoms with Crippen molar-refractivity contribution in [2.75, 3.05) is 26.2 Å². The summed E-state index contributed by atoms with van der Waals surface area (Å²) in [5.41, 5.74) is 5.95. The van der Waals surface area contributed by atoms with Crippen LogP contribution >= 0.6 is 0 Å². The van der Waals surface area contributed by atoms with Gasteiger partial charge in [0.25, 0.3) is 5.91 Å². The largest absolute Gasteiger partial charge is 0.375 e. The van der Waals surface area contributed by atoms with Crippen LogP contribution in [0.15, 0.2) is 12.5 Å². The summed E-state index contributed by atoms with van der Waals surface area (Å²) < 4.78 is 7.39. The van der Waals surface area contributed by atoms with E-state index >= 15 is 0 Å². The summed E-state index contributed by atoms with van der Waals surface area (Å²) in [6.07, 6.45) is 4.48. The molecule has 6 nitrogen and oxygen atoms in total. The van der Waals surface area contributed by atoms with E-state index in [1.165, 1.54) is 0 Å². The van der Waals surface area contributed by atoms with Crippen molar-refractivity contribution in [2.45, 2.75) is 26.0 Å². The number of rotatable bonds is 4. The number of amides is 1. The zero-order chi connectivity index (χ0) is 13.0. The van der Waals surface area contributed by atoms with Gasteiger partial charge in [-0.3, -0.25) is 4.79 Å². The van der Waals surface area contributed by atoms with Crippen LogP contribution in [-0.2, 0) is 11.3 Å². The molecule has 0 spiro atoms. The molecule has 0 aromatic carbocycles. The molecule has 18 heavy (non-hydrogen) atoms. The Labute approximate surface area is 107 Å². The lowest BCUT2D eigenvalue weighted by molar-refractivity contribution is -0.0228. The molecule has 1 unspecified atom stereocenters. The van der Waals surface area contributed by atoms with Gasteiger partial charge in [-0.25, -0.2) is 4.98 Å². The van der Waals surface area contributed by atoms with Crippen LogP contribution in [0.1, 0.15) is 23.8 Å². The highest BCUT2D eigenvalue weighted by Crippen LogP contribution is 2.11. The number of imidazole rings is 1. The number of hydrogen-bond donors (Lipinski definition) is 1. The van der Waals surface area contributed by atoms with Gasteiger partial charge in [0.1, 0.15) is 5.69 Å². The molecule has 6 heteroatoms. The first kappa shape index (κ1) is 13.0. The molecule has 1 fully saturated rings. The van der Waals surface area contributed by atoms with Gasteiger partial charge in [0.15, 0.2) is 0 Å². The van der Waals surface area contributed by atoms with Crippen LogP contribution in [0.25, 0.3) is 0 Å². The van der Waals surface area contributed by atoms with Crippen molar-refractivity contribution in [1.29, 1.82) is 0 Å². The monoisotopic (exact) mass is 252 g/mol. The van der Waals surface area contributed by atoms with Gasteiger partial charge >= 0.3 is 0 Å². The number of ether oxygens (including phenoxy) is 1. The maximum atomic E-state index is 12.2. The van der Waals surface area contributed by atoms with Crippen molar-refractivity contribution in [3.8, 4) is 0 Å². The van der Waals surface area contributed by atoms with Gasteiger partial charge < -0.3 is 19.9 Å². The number of carbonyl (C=O) groups excluding carboxylic acids is 1. The topological polar surface area (TPSA) is 73.4 Å². The fourth-order valence-electron chi connectivity index (χ4n) is 2.05. The highest BCUT2D eigenvalue weighted by Gasteiger charge is 2.25. The van der Waals surface area contributed by atoms with E-state index in [0.717, 1.165) is 6.42 Å². The van der Waals surface area contributed by atoms with Crippen molar-refractivity contribution in [2.24, 2.45) is 5.73 Å². The summed E-state index contributed by atoms with van der Waals surface area (Å²) >= 11 is 0. The number of aromatic nitrogens is 2. The van der Waals surface area contributed by atoms with Crippen LogP contribution < -0.4 is 5.73 Å². The van der Waals surface area contributed by atoms with Crippen molar-refractivity contribution in [3.05, 3.63) is 18.2 Å². The summed E-state index contributed by atoms with van der Waals surface area (Å²) in [4.78, 5) is 18.2. The van der Waals surface area contributed by atoms with Crippen LogP contribution in [0.2, 0.25) is 0 Å². The first-order valence-electron chi connectivity index (χ1n) is 6.37. The minimum atomic E-state index is -0.0208. The summed E-state index contributed by atoms with van der Waals surface area (Å²) in [5, 5.41) is 0. The molecule has 1 atom stereocenters. The molecular formula is C12H20N4O2. The Morgan fingerprint density at radius 3 is 3.22 bits per heavy atom. The molecule has 0 bridgehead atoms. The summed E-state index contributed by atoms with van der Waals surface area (Å²) in [6, 6.07) is 0. The van der Waals surface area contributed by atoms with Crippen LogP contribution in [0.4, 0.5) is 0 Å². The second kappa shape index (κ2) is 5.97. The van der Waals surface area contributed by atoms with Gasteiger partial charge in [-0.2, -0.15) is 0 Å². The normalized spacial score (nSPS) is 20.1. The van der Waals surface area contributed by atoms with Crippen LogP contribution in [-0.4, -0.2) is 52.7 Å². The fraction of sp³-hybridized carbons (Fsp3) is 0.667.